The van der Waals surface area contributed by atoms with Crippen molar-refractivity contribution >= 4 is 0 Å². The first-order valence-corrected chi connectivity index (χ1v) is 4.85. The molecular weight excluding hydrogens is 164 g/mol. The number of ether oxygens (including phenoxy) is 1. The lowest BCUT2D eigenvalue weighted by molar-refractivity contribution is -0.195. The van der Waals surface area contributed by atoms with Gasteiger partial charge in [-0.2, -0.15) is 0 Å². The van der Waals surface area contributed by atoms with Crippen LogP contribution in [-0.2, 0) is 4.74 Å². The van der Waals surface area contributed by atoms with E-state index in [0.29, 0.717) is 0 Å². The Labute approximate surface area is 80.6 Å². The van der Waals surface area contributed by atoms with Crippen LogP contribution < -0.4 is 0 Å². The molecule has 2 atom stereocenters. The molecule has 1 N–H and O–H groups in total. The van der Waals surface area contributed by atoms with Crippen molar-refractivity contribution in [1.82, 2.24) is 0 Å². The van der Waals surface area contributed by atoms with Crippen LogP contribution in [0.4, 0.5) is 0 Å². The summed E-state index contributed by atoms with van der Waals surface area (Å²) in [6.45, 7) is 9.74. The molecule has 0 saturated carbocycles. The molecule has 2 heteroatoms. The summed E-state index contributed by atoms with van der Waals surface area (Å²) in [4.78, 5) is 0. The van der Waals surface area contributed by atoms with E-state index in [0.717, 1.165) is 6.42 Å². The van der Waals surface area contributed by atoms with Gasteiger partial charge in [-0.3, -0.25) is 0 Å². The third-order valence-corrected chi connectivity index (χ3v) is 3.17. The summed E-state index contributed by atoms with van der Waals surface area (Å²) in [5.74, 6) is 0. The minimum atomic E-state index is -0.873. The van der Waals surface area contributed by atoms with E-state index in [4.69, 9.17) is 4.74 Å². The second-order valence-electron chi connectivity index (χ2n) is 4.76. The molecule has 1 rings (SSSR count). The Morgan fingerprint density at radius 3 is 2.08 bits per heavy atom. The monoisotopic (exact) mass is 184 g/mol. The zero-order valence-electron chi connectivity index (χ0n) is 9.22. The van der Waals surface area contributed by atoms with Gasteiger partial charge in [0, 0.05) is 0 Å². The fourth-order valence-corrected chi connectivity index (χ4v) is 1.45. The number of rotatable bonds is 1. The molecule has 76 valence electrons. The minimum Gasteiger partial charge on any atom is -0.383 e. The Hall–Kier alpha value is -0.340. The lowest BCUT2D eigenvalue weighted by Gasteiger charge is -2.47. The topological polar surface area (TPSA) is 29.5 Å². The van der Waals surface area contributed by atoms with Crippen molar-refractivity contribution in [3.63, 3.8) is 0 Å². The molecule has 0 bridgehead atoms. The smallest absolute Gasteiger partial charge is 0.108 e. The first-order chi connectivity index (χ1) is 5.72. The van der Waals surface area contributed by atoms with Gasteiger partial charge in [0.15, 0.2) is 0 Å². The quantitative estimate of drug-likeness (QED) is 0.633. The largest absolute Gasteiger partial charge is 0.383 e. The standard InChI is InChI=1S/C11H20O2/c1-6-10(4)7-8-11(5,12)9(2,3)13-10/h7-8,12H,6H2,1-5H3. The van der Waals surface area contributed by atoms with E-state index in [9.17, 15) is 5.11 Å². The van der Waals surface area contributed by atoms with Crippen LogP contribution in [0.25, 0.3) is 0 Å². The third kappa shape index (κ3) is 1.79. The minimum absolute atomic E-state index is 0.230. The second-order valence-corrected chi connectivity index (χ2v) is 4.76. The van der Waals surface area contributed by atoms with Gasteiger partial charge in [0.1, 0.15) is 5.60 Å². The highest BCUT2D eigenvalue weighted by atomic mass is 16.5. The molecule has 2 nitrogen and oxygen atoms in total. The Kier molecular flexibility index (Phi) is 2.33. The zero-order chi connectivity index (χ0) is 10.3. The van der Waals surface area contributed by atoms with Crippen molar-refractivity contribution in [3.05, 3.63) is 12.2 Å². The molecule has 0 aliphatic carbocycles. The van der Waals surface area contributed by atoms with Gasteiger partial charge in [-0.1, -0.05) is 19.1 Å². The maximum atomic E-state index is 10.0. The molecule has 1 aliphatic heterocycles. The highest BCUT2D eigenvalue weighted by Gasteiger charge is 2.45. The first kappa shape index (κ1) is 10.7. The predicted octanol–water partition coefficient (Wildman–Crippen LogP) is 2.27. The second kappa shape index (κ2) is 2.82. The highest BCUT2D eigenvalue weighted by Crippen LogP contribution is 2.38. The van der Waals surface area contributed by atoms with Crippen LogP contribution in [0.3, 0.4) is 0 Å². The lowest BCUT2D eigenvalue weighted by atomic mass is 9.81. The van der Waals surface area contributed by atoms with Crippen molar-refractivity contribution in [2.24, 2.45) is 0 Å². The molecule has 0 aromatic heterocycles. The van der Waals surface area contributed by atoms with Crippen molar-refractivity contribution in [2.45, 2.75) is 57.8 Å². The number of hydrogen-bond donors (Lipinski definition) is 1. The lowest BCUT2D eigenvalue weighted by Crippen LogP contribution is -2.55. The van der Waals surface area contributed by atoms with Crippen LogP contribution >= 0.6 is 0 Å². The van der Waals surface area contributed by atoms with Crippen LogP contribution in [0.5, 0.6) is 0 Å². The molecule has 13 heavy (non-hydrogen) atoms. The van der Waals surface area contributed by atoms with E-state index in [1.54, 1.807) is 6.92 Å². The first-order valence-electron chi connectivity index (χ1n) is 4.85. The Bertz CT molecular complexity index is 228. The summed E-state index contributed by atoms with van der Waals surface area (Å²) in [5.41, 5.74) is -1.63. The average molecular weight is 184 g/mol. The van der Waals surface area contributed by atoms with E-state index in [1.165, 1.54) is 0 Å². The maximum absolute atomic E-state index is 10.0. The van der Waals surface area contributed by atoms with Crippen LogP contribution in [0.1, 0.15) is 41.0 Å². The predicted molar refractivity (Wildman–Crippen MR) is 53.6 cm³/mol. The fourth-order valence-electron chi connectivity index (χ4n) is 1.45. The summed E-state index contributed by atoms with van der Waals surface area (Å²) in [6.07, 6.45) is 4.72. The maximum Gasteiger partial charge on any atom is 0.108 e. The van der Waals surface area contributed by atoms with E-state index in [-0.39, 0.29) is 5.60 Å². The summed E-state index contributed by atoms with van der Waals surface area (Å²) >= 11 is 0. The van der Waals surface area contributed by atoms with Gasteiger partial charge in [-0.05, 0) is 34.1 Å². The average Bonchev–Trinajstić information content (AvgIpc) is 1.98. The zero-order valence-corrected chi connectivity index (χ0v) is 9.22. The van der Waals surface area contributed by atoms with E-state index in [1.807, 2.05) is 32.9 Å². The molecule has 0 amide bonds. The van der Waals surface area contributed by atoms with Crippen LogP contribution in [-0.4, -0.2) is 21.9 Å². The molecular formula is C11H20O2. The van der Waals surface area contributed by atoms with E-state index < -0.39 is 11.2 Å². The molecule has 0 radical (unpaired) electrons. The van der Waals surface area contributed by atoms with Gasteiger partial charge in [0.05, 0.1) is 11.2 Å². The van der Waals surface area contributed by atoms with Crippen LogP contribution in [0.15, 0.2) is 12.2 Å². The van der Waals surface area contributed by atoms with Gasteiger partial charge in [-0.15, -0.1) is 0 Å². The number of aliphatic hydroxyl groups is 1. The molecule has 2 unspecified atom stereocenters. The molecule has 0 aromatic carbocycles. The van der Waals surface area contributed by atoms with Crippen molar-refractivity contribution in [2.75, 3.05) is 0 Å². The van der Waals surface area contributed by atoms with Gasteiger partial charge in [0.2, 0.25) is 0 Å². The van der Waals surface area contributed by atoms with Crippen LogP contribution in [0.2, 0.25) is 0 Å². The normalized spacial score (nSPS) is 43.5. The van der Waals surface area contributed by atoms with Crippen LogP contribution in [0, 0.1) is 0 Å². The molecule has 0 aromatic rings. The Balaban J connectivity index is 3.00. The van der Waals surface area contributed by atoms with Gasteiger partial charge in [0.25, 0.3) is 0 Å². The molecule has 0 saturated heterocycles. The van der Waals surface area contributed by atoms with E-state index in [2.05, 4.69) is 6.92 Å². The summed E-state index contributed by atoms with van der Waals surface area (Å²) < 4.78 is 5.89. The molecule has 0 fully saturated rings. The van der Waals surface area contributed by atoms with Gasteiger partial charge < -0.3 is 9.84 Å². The van der Waals surface area contributed by atoms with Crippen molar-refractivity contribution in [1.29, 1.82) is 0 Å². The summed E-state index contributed by atoms with van der Waals surface area (Å²) in [5, 5.41) is 10.0. The number of hydrogen-bond acceptors (Lipinski definition) is 2. The highest BCUT2D eigenvalue weighted by molar-refractivity contribution is 5.17. The molecule has 1 heterocycles. The third-order valence-electron chi connectivity index (χ3n) is 3.17. The Morgan fingerprint density at radius 2 is 1.69 bits per heavy atom. The van der Waals surface area contributed by atoms with Gasteiger partial charge in [-0.25, -0.2) is 0 Å². The van der Waals surface area contributed by atoms with Crippen molar-refractivity contribution < 1.29 is 9.84 Å². The SMILES string of the molecule is CCC1(C)C=CC(C)(O)C(C)(C)O1. The molecule has 1 aliphatic rings. The fraction of sp³-hybridized carbons (Fsp3) is 0.818. The molecule has 0 spiro atoms. The summed E-state index contributed by atoms with van der Waals surface area (Å²) in [6, 6.07) is 0. The van der Waals surface area contributed by atoms with E-state index >= 15 is 0 Å². The Morgan fingerprint density at radius 1 is 1.15 bits per heavy atom. The summed E-state index contributed by atoms with van der Waals surface area (Å²) in [7, 11) is 0. The van der Waals surface area contributed by atoms with Crippen molar-refractivity contribution in [3.8, 4) is 0 Å². The van der Waals surface area contributed by atoms with Gasteiger partial charge >= 0.3 is 0 Å².